The van der Waals surface area contributed by atoms with Crippen molar-refractivity contribution in [3.05, 3.63) is 59.7 Å². The number of esters is 1. The lowest BCUT2D eigenvalue weighted by atomic mass is 10.1. The van der Waals surface area contributed by atoms with Gasteiger partial charge in [-0.2, -0.15) is 0 Å². The Kier molecular flexibility index (Phi) is 2.41. The molecule has 18 heavy (non-hydrogen) atoms. The van der Waals surface area contributed by atoms with E-state index >= 15 is 0 Å². The summed E-state index contributed by atoms with van der Waals surface area (Å²) in [7, 11) is 0. The number of ether oxygens (including phenoxy) is 1. The van der Waals surface area contributed by atoms with E-state index in [2.05, 4.69) is 5.32 Å². The minimum atomic E-state index is -0.474. The van der Waals surface area contributed by atoms with Gasteiger partial charge in [0, 0.05) is 11.3 Å². The summed E-state index contributed by atoms with van der Waals surface area (Å²) in [5.41, 5.74) is 2.20. The average molecular weight is 241 g/mol. The number of aromatic hydroxyl groups is 1. The Bertz CT molecular complexity index is 592. The molecule has 0 aliphatic carbocycles. The first-order valence-corrected chi connectivity index (χ1v) is 5.59. The van der Waals surface area contributed by atoms with Gasteiger partial charge < -0.3 is 15.2 Å². The number of hydrogen-bond donors (Lipinski definition) is 2. The van der Waals surface area contributed by atoms with Gasteiger partial charge in [0.2, 0.25) is 6.23 Å². The van der Waals surface area contributed by atoms with Crippen LogP contribution in [0, 0.1) is 0 Å². The van der Waals surface area contributed by atoms with Crippen LogP contribution in [0.25, 0.3) is 0 Å². The molecule has 1 aliphatic heterocycles. The number of anilines is 1. The zero-order chi connectivity index (χ0) is 12.5. The summed E-state index contributed by atoms with van der Waals surface area (Å²) < 4.78 is 5.25. The molecule has 0 bridgehead atoms. The van der Waals surface area contributed by atoms with Crippen LogP contribution in [0.5, 0.6) is 5.75 Å². The zero-order valence-corrected chi connectivity index (χ0v) is 9.46. The second kappa shape index (κ2) is 4.07. The fraction of sp³-hybridized carbons (Fsp3) is 0.0714. The largest absolute Gasteiger partial charge is 0.508 e. The average Bonchev–Trinajstić information content (AvgIpc) is 2.70. The minimum absolute atomic E-state index is 0.198. The predicted molar refractivity (Wildman–Crippen MR) is 66.3 cm³/mol. The second-order valence-corrected chi connectivity index (χ2v) is 4.06. The number of hydrogen-bond acceptors (Lipinski definition) is 4. The van der Waals surface area contributed by atoms with Crippen molar-refractivity contribution in [3.8, 4) is 5.75 Å². The number of fused-ring (bicyclic) bond motifs is 1. The first kappa shape index (κ1) is 10.7. The molecule has 2 aromatic rings. The SMILES string of the molecule is O=C1OC(Nc2ccc(O)cc2)c2ccccc21. The molecule has 90 valence electrons. The second-order valence-electron chi connectivity index (χ2n) is 4.06. The first-order chi connectivity index (χ1) is 8.74. The standard InChI is InChI=1S/C14H11NO3/c16-10-7-5-9(6-8-10)15-13-11-3-1-2-4-12(11)14(17)18-13/h1-8,13,15-16H. The number of carbonyl (C=O) groups is 1. The lowest BCUT2D eigenvalue weighted by molar-refractivity contribution is 0.0437. The van der Waals surface area contributed by atoms with Crippen molar-refractivity contribution in [2.45, 2.75) is 6.23 Å². The molecule has 1 heterocycles. The molecule has 0 fully saturated rings. The Labute approximate surface area is 104 Å². The highest BCUT2D eigenvalue weighted by molar-refractivity contribution is 5.94. The Morgan fingerprint density at radius 1 is 1.06 bits per heavy atom. The highest BCUT2D eigenvalue weighted by Crippen LogP contribution is 2.31. The number of cyclic esters (lactones) is 1. The molecule has 1 aliphatic rings. The van der Waals surface area contributed by atoms with Crippen molar-refractivity contribution < 1.29 is 14.6 Å². The molecule has 2 aromatic carbocycles. The van der Waals surface area contributed by atoms with Crippen LogP contribution < -0.4 is 5.32 Å². The van der Waals surface area contributed by atoms with E-state index in [1.54, 1.807) is 30.3 Å². The summed E-state index contributed by atoms with van der Waals surface area (Å²) in [6.07, 6.45) is -0.474. The van der Waals surface area contributed by atoms with Gasteiger partial charge in [0.25, 0.3) is 0 Å². The monoisotopic (exact) mass is 241 g/mol. The highest BCUT2D eigenvalue weighted by Gasteiger charge is 2.30. The summed E-state index contributed by atoms with van der Waals surface area (Å²) in [5, 5.41) is 12.3. The van der Waals surface area contributed by atoms with Crippen molar-refractivity contribution in [2.24, 2.45) is 0 Å². The van der Waals surface area contributed by atoms with Gasteiger partial charge >= 0.3 is 5.97 Å². The van der Waals surface area contributed by atoms with Gasteiger partial charge in [-0.25, -0.2) is 4.79 Å². The molecular formula is C14H11NO3. The van der Waals surface area contributed by atoms with E-state index in [1.807, 2.05) is 18.2 Å². The van der Waals surface area contributed by atoms with Crippen molar-refractivity contribution >= 4 is 11.7 Å². The minimum Gasteiger partial charge on any atom is -0.508 e. The third-order valence-electron chi connectivity index (χ3n) is 2.85. The predicted octanol–water partition coefficient (Wildman–Crippen LogP) is 2.67. The van der Waals surface area contributed by atoms with E-state index in [4.69, 9.17) is 4.74 Å². The molecule has 4 nitrogen and oxygen atoms in total. The Morgan fingerprint density at radius 3 is 2.56 bits per heavy atom. The number of phenols is 1. The van der Waals surface area contributed by atoms with Crippen LogP contribution in [0.3, 0.4) is 0 Å². The van der Waals surface area contributed by atoms with Gasteiger partial charge in [0.15, 0.2) is 0 Å². The first-order valence-electron chi connectivity index (χ1n) is 5.59. The molecule has 0 saturated carbocycles. The molecule has 3 rings (SSSR count). The van der Waals surface area contributed by atoms with Crippen molar-refractivity contribution in [1.82, 2.24) is 0 Å². The molecule has 0 saturated heterocycles. The normalized spacial score (nSPS) is 17.1. The van der Waals surface area contributed by atoms with E-state index in [0.29, 0.717) is 5.56 Å². The molecule has 0 aromatic heterocycles. The van der Waals surface area contributed by atoms with Crippen molar-refractivity contribution in [1.29, 1.82) is 0 Å². The maximum absolute atomic E-state index is 11.6. The molecule has 0 radical (unpaired) electrons. The maximum atomic E-state index is 11.6. The smallest absolute Gasteiger partial charge is 0.340 e. The van der Waals surface area contributed by atoms with E-state index < -0.39 is 6.23 Å². The number of carbonyl (C=O) groups excluding carboxylic acids is 1. The van der Waals surface area contributed by atoms with Crippen LogP contribution in [0.2, 0.25) is 0 Å². The van der Waals surface area contributed by atoms with Crippen LogP contribution in [-0.2, 0) is 4.74 Å². The van der Waals surface area contributed by atoms with Crippen LogP contribution >= 0.6 is 0 Å². The number of benzene rings is 2. The molecule has 1 atom stereocenters. The van der Waals surface area contributed by atoms with E-state index in [1.165, 1.54) is 0 Å². The van der Waals surface area contributed by atoms with Gasteiger partial charge in [-0.1, -0.05) is 18.2 Å². The Hall–Kier alpha value is -2.49. The summed E-state index contributed by atoms with van der Waals surface area (Å²) in [6, 6.07) is 13.9. The molecule has 2 N–H and O–H groups in total. The number of phenolic OH excluding ortho intramolecular Hbond substituents is 1. The highest BCUT2D eigenvalue weighted by atomic mass is 16.6. The lowest BCUT2D eigenvalue weighted by Gasteiger charge is -2.14. The van der Waals surface area contributed by atoms with E-state index in [9.17, 15) is 9.90 Å². The summed E-state index contributed by atoms with van der Waals surface area (Å²) >= 11 is 0. The third kappa shape index (κ3) is 1.78. The molecular weight excluding hydrogens is 230 g/mol. The van der Waals surface area contributed by atoms with E-state index in [0.717, 1.165) is 11.3 Å². The van der Waals surface area contributed by atoms with Gasteiger partial charge in [0.1, 0.15) is 5.75 Å². The summed E-state index contributed by atoms with van der Waals surface area (Å²) in [5.74, 6) is -0.119. The fourth-order valence-electron chi connectivity index (χ4n) is 1.96. The summed E-state index contributed by atoms with van der Waals surface area (Å²) in [4.78, 5) is 11.6. The van der Waals surface area contributed by atoms with Crippen LogP contribution in [0.4, 0.5) is 5.69 Å². The van der Waals surface area contributed by atoms with E-state index in [-0.39, 0.29) is 11.7 Å². The molecule has 0 spiro atoms. The van der Waals surface area contributed by atoms with Gasteiger partial charge in [-0.15, -0.1) is 0 Å². The Balaban J connectivity index is 1.87. The van der Waals surface area contributed by atoms with Crippen LogP contribution in [-0.4, -0.2) is 11.1 Å². The molecule has 1 unspecified atom stereocenters. The quantitative estimate of drug-likeness (QED) is 0.627. The molecule has 4 heteroatoms. The Morgan fingerprint density at radius 2 is 1.78 bits per heavy atom. The maximum Gasteiger partial charge on any atom is 0.340 e. The fourth-order valence-corrected chi connectivity index (χ4v) is 1.96. The van der Waals surface area contributed by atoms with Gasteiger partial charge in [-0.3, -0.25) is 0 Å². The number of nitrogens with one attached hydrogen (secondary N) is 1. The third-order valence-corrected chi connectivity index (χ3v) is 2.85. The van der Waals surface area contributed by atoms with Crippen LogP contribution in [0.15, 0.2) is 48.5 Å². The van der Waals surface area contributed by atoms with Gasteiger partial charge in [-0.05, 0) is 30.3 Å². The van der Waals surface area contributed by atoms with Crippen molar-refractivity contribution in [2.75, 3.05) is 5.32 Å². The topological polar surface area (TPSA) is 58.6 Å². The van der Waals surface area contributed by atoms with Crippen molar-refractivity contribution in [3.63, 3.8) is 0 Å². The number of rotatable bonds is 2. The lowest BCUT2D eigenvalue weighted by Crippen LogP contribution is -2.09. The van der Waals surface area contributed by atoms with Crippen LogP contribution in [0.1, 0.15) is 22.1 Å². The zero-order valence-electron chi connectivity index (χ0n) is 9.46. The van der Waals surface area contributed by atoms with Gasteiger partial charge in [0.05, 0.1) is 5.56 Å². The summed E-state index contributed by atoms with van der Waals surface area (Å²) in [6.45, 7) is 0. The molecule has 0 amide bonds.